The Morgan fingerprint density at radius 2 is 1.83 bits per heavy atom. The summed E-state index contributed by atoms with van der Waals surface area (Å²) in [6, 6.07) is 19.9. The normalized spacial score (nSPS) is 18.3. The van der Waals surface area contributed by atoms with E-state index in [1.165, 1.54) is 0 Å². The number of halogens is 2. The van der Waals surface area contributed by atoms with Crippen LogP contribution in [-0.2, 0) is 11.4 Å². The number of ether oxygens (including phenoxy) is 1. The molecule has 0 bridgehead atoms. The van der Waals surface area contributed by atoms with E-state index in [9.17, 15) is 10.1 Å². The van der Waals surface area contributed by atoms with Crippen LogP contribution in [-0.4, -0.2) is 5.78 Å². The number of para-hydroxylation sites is 1. The number of carbonyl (C=O) groups is 1. The van der Waals surface area contributed by atoms with Crippen LogP contribution in [0.25, 0.3) is 0 Å². The Morgan fingerprint density at radius 1 is 1.10 bits per heavy atom. The van der Waals surface area contributed by atoms with E-state index in [0.717, 1.165) is 49.4 Å². The fourth-order valence-electron chi connectivity index (χ4n) is 6.03. The number of hydrogen-bond donors (Lipinski definition) is 1. The van der Waals surface area contributed by atoms with Crippen LogP contribution >= 0.6 is 27.5 Å². The van der Waals surface area contributed by atoms with Gasteiger partial charge in [-0.25, -0.2) is 0 Å². The number of nitriles is 1. The molecule has 2 aliphatic rings. The van der Waals surface area contributed by atoms with Crippen molar-refractivity contribution in [1.82, 2.24) is 0 Å². The van der Waals surface area contributed by atoms with Gasteiger partial charge in [0, 0.05) is 22.7 Å². The van der Waals surface area contributed by atoms with Crippen molar-refractivity contribution >= 4 is 39.0 Å². The zero-order valence-electron chi connectivity index (χ0n) is 23.9. The van der Waals surface area contributed by atoms with E-state index in [0.29, 0.717) is 41.4 Å². The second-order valence-electron chi connectivity index (χ2n) is 11.7. The standard InChI is InChI=1S/C34H33BrClN3O2/c1-19-13-20(2)23(14-22(19)18-41-30-12-7-6-9-25(30)35)31-24(17-37)33(38)39(27-11-8-10-26(36)21(27)3)28-15-34(4,5)16-29(40)32(28)31/h6-14,31H,15-16,18,38H2,1-5H3. The van der Waals surface area contributed by atoms with E-state index in [-0.39, 0.29) is 11.2 Å². The summed E-state index contributed by atoms with van der Waals surface area (Å²) in [5.41, 5.74) is 14.0. The highest BCUT2D eigenvalue weighted by molar-refractivity contribution is 9.10. The molecule has 0 aromatic heterocycles. The molecule has 5 nitrogen and oxygen atoms in total. The minimum absolute atomic E-state index is 0.0390. The Hall–Kier alpha value is -3.53. The van der Waals surface area contributed by atoms with Gasteiger partial charge < -0.3 is 10.5 Å². The van der Waals surface area contributed by atoms with Crippen molar-refractivity contribution in [1.29, 1.82) is 5.26 Å². The lowest BCUT2D eigenvalue weighted by atomic mass is 9.68. The number of anilines is 1. The van der Waals surface area contributed by atoms with Crippen molar-refractivity contribution in [2.45, 2.75) is 60.0 Å². The summed E-state index contributed by atoms with van der Waals surface area (Å²) in [5, 5.41) is 11.2. The molecule has 5 rings (SSSR count). The number of ketones is 1. The number of carbonyl (C=O) groups excluding carboxylic acids is 1. The second kappa shape index (κ2) is 11.0. The van der Waals surface area contributed by atoms with Crippen molar-refractivity contribution in [3.05, 3.63) is 115 Å². The average molecular weight is 631 g/mol. The van der Waals surface area contributed by atoms with E-state index in [2.05, 4.69) is 54.9 Å². The van der Waals surface area contributed by atoms with E-state index in [1.807, 2.05) is 61.2 Å². The minimum atomic E-state index is -0.572. The number of nitrogens with zero attached hydrogens (tertiary/aromatic N) is 2. The summed E-state index contributed by atoms with van der Waals surface area (Å²) in [6.07, 6.45) is 1.03. The third-order valence-electron chi connectivity index (χ3n) is 8.12. The first-order valence-electron chi connectivity index (χ1n) is 13.6. The van der Waals surface area contributed by atoms with Crippen LogP contribution in [0.2, 0.25) is 5.02 Å². The van der Waals surface area contributed by atoms with Crippen LogP contribution < -0.4 is 15.4 Å². The molecule has 1 aliphatic heterocycles. The van der Waals surface area contributed by atoms with Crippen molar-refractivity contribution in [2.75, 3.05) is 4.90 Å². The molecule has 1 atom stereocenters. The van der Waals surface area contributed by atoms with Gasteiger partial charge in [0.15, 0.2) is 5.78 Å². The maximum absolute atomic E-state index is 14.0. The third kappa shape index (κ3) is 5.29. The SMILES string of the molecule is Cc1cc(C)c(C2C(C#N)=C(N)N(c3cccc(Cl)c3C)C3=C2C(=O)CC(C)(C)C3)cc1COc1ccccc1Br. The van der Waals surface area contributed by atoms with Gasteiger partial charge in [-0.05, 0) is 101 Å². The Balaban J connectivity index is 1.69. The Labute approximate surface area is 255 Å². The molecule has 3 aromatic rings. The van der Waals surface area contributed by atoms with E-state index in [1.54, 1.807) is 0 Å². The average Bonchev–Trinajstić information content (AvgIpc) is 2.90. The monoisotopic (exact) mass is 629 g/mol. The number of aryl methyl sites for hydroxylation is 2. The van der Waals surface area contributed by atoms with Crippen molar-refractivity contribution in [2.24, 2.45) is 11.1 Å². The van der Waals surface area contributed by atoms with Gasteiger partial charge in [-0.15, -0.1) is 0 Å². The molecule has 210 valence electrons. The van der Waals surface area contributed by atoms with Gasteiger partial charge in [0.25, 0.3) is 0 Å². The minimum Gasteiger partial charge on any atom is -0.488 e. The van der Waals surface area contributed by atoms with Crippen LogP contribution in [0.15, 0.2) is 81.7 Å². The highest BCUT2D eigenvalue weighted by atomic mass is 79.9. The molecule has 0 radical (unpaired) electrons. The largest absolute Gasteiger partial charge is 0.488 e. The van der Waals surface area contributed by atoms with Gasteiger partial charge in [0.2, 0.25) is 0 Å². The highest BCUT2D eigenvalue weighted by Gasteiger charge is 2.45. The first kappa shape index (κ1) is 29.0. The number of Topliss-reactive ketones (excluding diaryl/α,β-unsaturated/α-hetero) is 1. The molecule has 3 aromatic carbocycles. The number of rotatable bonds is 5. The van der Waals surface area contributed by atoms with Gasteiger partial charge >= 0.3 is 0 Å². The molecule has 0 amide bonds. The van der Waals surface area contributed by atoms with Crippen LogP contribution in [0.1, 0.15) is 60.4 Å². The van der Waals surface area contributed by atoms with Crippen LogP contribution in [0.4, 0.5) is 5.69 Å². The van der Waals surface area contributed by atoms with Crippen molar-refractivity contribution in [3.63, 3.8) is 0 Å². The van der Waals surface area contributed by atoms with Crippen LogP contribution in [0.3, 0.4) is 0 Å². The van der Waals surface area contributed by atoms with Crippen molar-refractivity contribution < 1.29 is 9.53 Å². The van der Waals surface area contributed by atoms with Crippen LogP contribution in [0, 0.1) is 37.5 Å². The quantitative estimate of drug-likeness (QED) is 0.306. The number of allylic oxidation sites excluding steroid dienone is 3. The molecule has 1 aliphatic carbocycles. The molecule has 0 saturated heterocycles. The lowest BCUT2D eigenvalue weighted by Crippen LogP contribution is -2.42. The zero-order chi connectivity index (χ0) is 29.6. The van der Waals surface area contributed by atoms with Crippen LogP contribution in [0.5, 0.6) is 5.75 Å². The fraction of sp³-hybridized carbons (Fsp3) is 0.294. The number of nitrogens with two attached hydrogens (primary N) is 1. The Morgan fingerprint density at radius 3 is 2.54 bits per heavy atom. The summed E-state index contributed by atoms with van der Waals surface area (Å²) >= 11 is 10.1. The Kier molecular flexibility index (Phi) is 7.80. The predicted molar refractivity (Wildman–Crippen MR) is 168 cm³/mol. The summed E-state index contributed by atoms with van der Waals surface area (Å²) in [5.74, 6) is 0.545. The molecule has 1 heterocycles. The van der Waals surface area contributed by atoms with E-state index < -0.39 is 5.92 Å². The maximum atomic E-state index is 14.0. The number of benzene rings is 3. The molecule has 0 saturated carbocycles. The molecule has 41 heavy (non-hydrogen) atoms. The number of hydrogen-bond acceptors (Lipinski definition) is 5. The molecule has 0 spiro atoms. The molecule has 2 N–H and O–H groups in total. The third-order valence-corrected chi connectivity index (χ3v) is 9.18. The molecular formula is C34H33BrClN3O2. The van der Waals surface area contributed by atoms with E-state index in [4.69, 9.17) is 22.1 Å². The van der Waals surface area contributed by atoms with Gasteiger partial charge in [0.1, 0.15) is 18.2 Å². The lowest BCUT2D eigenvalue weighted by Gasteiger charge is -2.44. The summed E-state index contributed by atoms with van der Waals surface area (Å²) < 4.78 is 7.04. The van der Waals surface area contributed by atoms with Gasteiger partial charge in [0.05, 0.1) is 27.7 Å². The zero-order valence-corrected chi connectivity index (χ0v) is 26.3. The maximum Gasteiger partial charge on any atom is 0.162 e. The molecule has 0 fully saturated rings. The summed E-state index contributed by atoms with van der Waals surface area (Å²) in [6.45, 7) is 10.5. The van der Waals surface area contributed by atoms with Gasteiger partial charge in [-0.2, -0.15) is 5.26 Å². The predicted octanol–water partition coefficient (Wildman–Crippen LogP) is 8.55. The summed E-state index contributed by atoms with van der Waals surface area (Å²) in [4.78, 5) is 15.9. The first-order chi connectivity index (χ1) is 19.4. The van der Waals surface area contributed by atoms with E-state index >= 15 is 0 Å². The highest BCUT2D eigenvalue weighted by Crippen LogP contribution is 2.51. The second-order valence-corrected chi connectivity index (χ2v) is 13.0. The smallest absolute Gasteiger partial charge is 0.162 e. The Bertz CT molecular complexity index is 1680. The summed E-state index contributed by atoms with van der Waals surface area (Å²) in [7, 11) is 0. The van der Waals surface area contributed by atoms with Crippen molar-refractivity contribution in [3.8, 4) is 11.8 Å². The van der Waals surface area contributed by atoms with Gasteiger partial charge in [-0.1, -0.05) is 55.8 Å². The fourth-order valence-corrected chi connectivity index (χ4v) is 6.60. The molecular weight excluding hydrogens is 598 g/mol. The lowest BCUT2D eigenvalue weighted by molar-refractivity contribution is -0.118. The molecule has 7 heteroatoms. The van der Waals surface area contributed by atoms with Gasteiger partial charge in [-0.3, -0.25) is 9.69 Å². The topological polar surface area (TPSA) is 79.4 Å². The first-order valence-corrected chi connectivity index (χ1v) is 14.8. The molecule has 1 unspecified atom stereocenters.